The molecule has 0 aromatic heterocycles. The van der Waals surface area contributed by atoms with Gasteiger partial charge in [0.15, 0.2) is 0 Å². The van der Waals surface area contributed by atoms with Crippen molar-refractivity contribution in [2.24, 2.45) is 0 Å². The second-order valence-electron chi connectivity index (χ2n) is 3.04. The summed E-state index contributed by atoms with van der Waals surface area (Å²) in [6.07, 6.45) is 0.870. The van der Waals surface area contributed by atoms with Crippen molar-refractivity contribution >= 4 is 18.8 Å². The maximum absolute atomic E-state index is 6.44. The van der Waals surface area contributed by atoms with Crippen LogP contribution in [0.1, 0.15) is 0 Å². The summed E-state index contributed by atoms with van der Waals surface area (Å²) in [6.45, 7) is 0. The molecule has 0 unspecified atom stereocenters. The van der Waals surface area contributed by atoms with Crippen LogP contribution < -0.4 is 5.32 Å². The van der Waals surface area contributed by atoms with Crippen molar-refractivity contribution in [3.05, 3.63) is 0 Å². The van der Waals surface area contributed by atoms with Crippen LogP contribution in [0.15, 0.2) is 0 Å². The molecule has 0 bridgehead atoms. The monoisotopic (exact) mass is 195 g/mol. The van der Waals surface area contributed by atoms with E-state index in [0.29, 0.717) is 0 Å². The van der Waals surface area contributed by atoms with E-state index < -0.39 is 7.71 Å². The predicted molar refractivity (Wildman–Crippen MR) is 52.9 cm³/mol. The van der Waals surface area contributed by atoms with Crippen molar-refractivity contribution in [1.29, 1.82) is 0 Å². The Kier molecular flexibility index (Phi) is 4.58. The van der Waals surface area contributed by atoms with Gasteiger partial charge in [-0.2, -0.15) is 0 Å². The summed E-state index contributed by atoms with van der Waals surface area (Å²) in [5.41, 5.74) is 0. The second kappa shape index (κ2) is 4.42. The van der Waals surface area contributed by atoms with E-state index in [1.54, 1.807) is 0 Å². The Balaban J connectivity index is 4.26. The van der Waals surface area contributed by atoms with Crippen LogP contribution in [0.2, 0.25) is 0 Å². The van der Waals surface area contributed by atoms with Gasteiger partial charge in [-0.15, -0.1) is 11.1 Å². The van der Waals surface area contributed by atoms with Crippen molar-refractivity contribution in [2.75, 3.05) is 41.4 Å². The highest BCUT2D eigenvalue weighted by atomic mass is 35.6. The van der Waals surface area contributed by atoms with E-state index in [2.05, 4.69) is 14.4 Å². The van der Waals surface area contributed by atoms with Gasteiger partial charge < -0.3 is 14.4 Å². The van der Waals surface area contributed by atoms with Crippen LogP contribution >= 0.6 is 11.1 Å². The largest absolute Gasteiger partial charge is 0.320 e. The average molecular weight is 196 g/mol. The average Bonchev–Trinajstić information content (AvgIpc) is 1.87. The molecule has 0 aliphatic heterocycles. The van der Waals surface area contributed by atoms with Crippen molar-refractivity contribution in [2.45, 2.75) is 0 Å². The minimum Gasteiger partial charge on any atom is -0.319 e. The maximum Gasteiger partial charge on any atom is 0.320 e. The van der Waals surface area contributed by atoms with E-state index in [-0.39, 0.29) is 0 Å². The summed E-state index contributed by atoms with van der Waals surface area (Å²) in [5, 5.41) is 3.12. The molecule has 0 aromatic rings. The lowest BCUT2D eigenvalue weighted by atomic mass is 11.2. The summed E-state index contributed by atoms with van der Waals surface area (Å²) in [6, 6.07) is 0. The fourth-order valence-corrected chi connectivity index (χ4v) is 3.22. The summed E-state index contributed by atoms with van der Waals surface area (Å²) < 4.78 is 4.23. The van der Waals surface area contributed by atoms with Crippen molar-refractivity contribution < 1.29 is 0 Å². The number of hydrogen-bond acceptors (Lipinski definition) is 3. The summed E-state index contributed by atoms with van der Waals surface area (Å²) in [5.74, 6) is 0. The third kappa shape index (κ3) is 2.72. The van der Waals surface area contributed by atoms with Crippen LogP contribution in [0.25, 0.3) is 0 Å². The third-order valence-corrected chi connectivity index (χ3v) is 7.75. The molecule has 0 heterocycles. The van der Waals surface area contributed by atoms with Crippen LogP contribution in [-0.2, 0) is 0 Å². The van der Waals surface area contributed by atoms with Crippen molar-refractivity contribution in [3.63, 3.8) is 0 Å². The number of nitrogens with zero attached hydrogens (tertiary/aromatic N) is 2. The van der Waals surface area contributed by atoms with Crippen molar-refractivity contribution in [1.82, 2.24) is 14.4 Å². The minimum absolute atomic E-state index is 0.870. The molecule has 0 amide bonds. The zero-order chi connectivity index (χ0) is 9.07. The number of hydrogen-bond donors (Lipinski definition) is 1. The first-order valence-corrected chi connectivity index (χ1v) is 6.75. The normalized spacial score (nSPS) is 13.1. The predicted octanol–water partition coefficient (Wildman–Crippen LogP) is 0.0459. The molecule has 0 fully saturated rings. The Morgan fingerprint density at radius 3 is 1.64 bits per heavy atom. The Hall–Kier alpha value is 0.387. The lowest BCUT2D eigenvalue weighted by molar-refractivity contribution is 0.497. The van der Waals surface area contributed by atoms with Crippen LogP contribution in [0.3, 0.4) is 0 Å². The van der Waals surface area contributed by atoms with Crippen LogP contribution in [0.5, 0.6) is 0 Å². The summed E-state index contributed by atoms with van der Waals surface area (Å²) >= 11 is 6.44. The molecule has 11 heavy (non-hydrogen) atoms. The first kappa shape index (κ1) is 11.4. The highest BCUT2D eigenvalue weighted by Crippen LogP contribution is 2.12. The molecule has 0 aliphatic carbocycles. The van der Waals surface area contributed by atoms with E-state index in [1.165, 1.54) is 0 Å². The topological polar surface area (TPSA) is 18.5 Å². The number of halogens is 1. The van der Waals surface area contributed by atoms with Gasteiger partial charge in [-0.25, -0.2) is 0 Å². The quantitative estimate of drug-likeness (QED) is 0.505. The molecule has 0 saturated heterocycles. The van der Waals surface area contributed by atoms with Gasteiger partial charge in [0, 0.05) is 6.17 Å². The van der Waals surface area contributed by atoms with Gasteiger partial charge in [0.05, 0.1) is 0 Å². The third-order valence-electron chi connectivity index (χ3n) is 1.77. The van der Waals surface area contributed by atoms with E-state index >= 15 is 0 Å². The summed E-state index contributed by atoms with van der Waals surface area (Å²) in [4.78, 5) is 0. The van der Waals surface area contributed by atoms with Crippen LogP contribution in [-0.4, -0.2) is 58.2 Å². The smallest absolute Gasteiger partial charge is 0.319 e. The molecule has 0 atom stereocenters. The molecule has 0 aromatic carbocycles. The highest BCUT2D eigenvalue weighted by molar-refractivity contribution is 7.17. The Morgan fingerprint density at radius 2 is 1.55 bits per heavy atom. The van der Waals surface area contributed by atoms with Gasteiger partial charge in [0.25, 0.3) is 0 Å². The fourth-order valence-electron chi connectivity index (χ4n) is 0.941. The molecule has 5 heteroatoms. The number of rotatable bonds is 4. The first-order valence-electron chi connectivity index (χ1n) is 3.63. The minimum atomic E-state index is -1.88. The molecule has 68 valence electrons. The van der Waals surface area contributed by atoms with Gasteiger partial charge >= 0.3 is 7.71 Å². The van der Waals surface area contributed by atoms with Gasteiger partial charge in [-0.05, 0) is 35.2 Å². The first-order chi connectivity index (χ1) is 4.95. The highest BCUT2D eigenvalue weighted by Gasteiger charge is 2.36. The molecule has 0 spiro atoms. The fraction of sp³-hybridized carbons (Fsp3) is 1.00. The second-order valence-corrected chi connectivity index (χ2v) is 8.43. The zero-order valence-corrected chi connectivity index (χ0v) is 9.74. The molecule has 0 saturated carbocycles. The lowest BCUT2D eigenvalue weighted by Gasteiger charge is -2.36. The zero-order valence-electron chi connectivity index (χ0n) is 7.98. The summed E-state index contributed by atoms with van der Waals surface area (Å²) in [7, 11) is 8.15. The van der Waals surface area contributed by atoms with Crippen LogP contribution in [0, 0.1) is 0 Å². The molecular weight excluding hydrogens is 178 g/mol. The van der Waals surface area contributed by atoms with E-state index in [4.69, 9.17) is 11.1 Å². The Labute approximate surface area is 75.2 Å². The SMILES string of the molecule is CNC[Si](Cl)(N(C)C)N(C)C. The molecule has 1 N–H and O–H groups in total. The van der Waals surface area contributed by atoms with E-state index in [9.17, 15) is 0 Å². The maximum atomic E-state index is 6.44. The Morgan fingerprint density at radius 1 is 1.18 bits per heavy atom. The van der Waals surface area contributed by atoms with E-state index in [1.807, 2.05) is 35.2 Å². The standard InChI is InChI=1S/C6H18ClN3Si/c1-8-6-11(7,9(2)3)10(4)5/h8H,6H2,1-5H3. The number of nitrogens with one attached hydrogen (secondary N) is 1. The molecule has 0 aliphatic rings. The molecule has 3 nitrogen and oxygen atoms in total. The lowest BCUT2D eigenvalue weighted by Crippen LogP contribution is -2.62. The van der Waals surface area contributed by atoms with Crippen molar-refractivity contribution in [3.8, 4) is 0 Å². The Bertz CT molecular complexity index is 110. The molecule has 0 radical (unpaired) electrons. The van der Waals surface area contributed by atoms with Crippen LogP contribution in [0.4, 0.5) is 0 Å². The molecule has 0 rings (SSSR count). The van der Waals surface area contributed by atoms with Gasteiger partial charge in [-0.1, -0.05) is 0 Å². The van der Waals surface area contributed by atoms with Gasteiger partial charge in [-0.3, -0.25) is 0 Å². The molecular formula is C6H18ClN3Si. The van der Waals surface area contributed by atoms with Gasteiger partial charge in [0.2, 0.25) is 0 Å². The van der Waals surface area contributed by atoms with Gasteiger partial charge in [0.1, 0.15) is 0 Å². The van der Waals surface area contributed by atoms with E-state index in [0.717, 1.165) is 6.17 Å².